The van der Waals surface area contributed by atoms with Gasteiger partial charge in [-0.1, -0.05) is 53.6 Å². The molecule has 0 saturated carbocycles. The Labute approximate surface area is 136 Å². The van der Waals surface area contributed by atoms with Gasteiger partial charge in [0.05, 0.1) is 11.5 Å². The van der Waals surface area contributed by atoms with E-state index < -0.39 is 15.4 Å². The van der Waals surface area contributed by atoms with Crippen LogP contribution in [0.2, 0.25) is 5.02 Å². The monoisotopic (exact) mass is 338 g/mol. The molecule has 0 unspecified atom stereocenters. The van der Waals surface area contributed by atoms with Crippen LogP contribution in [0.5, 0.6) is 0 Å². The smallest absolute Gasteiger partial charge is 0.157 e. The van der Waals surface area contributed by atoms with E-state index in [-0.39, 0.29) is 11.5 Å². The maximum absolute atomic E-state index is 12.4. The quantitative estimate of drug-likeness (QED) is 0.908. The molecule has 1 atom stereocenters. The highest BCUT2D eigenvalue weighted by Crippen LogP contribution is 2.25. The summed E-state index contributed by atoms with van der Waals surface area (Å²) in [5, 5.41) is 11.1. The molecule has 5 heteroatoms. The van der Waals surface area contributed by atoms with Gasteiger partial charge in [0.15, 0.2) is 9.84 Å². The summed E-state index contributed by atoms with van der Waals surface area (Å²) in [6.45, 7) is 3.45. The third kappa shape index (κ3) is 4.57. The summed E-state index contributed by atoms with van der Waals surface area (Å²) in [6, 6.07) is 13.9. The largest absolute Gasteiger partial charge is 0.384 e. The van der Waals surface area contributed by atoms with Crippen LogP contribution >= 0.6 is 11.6 Å². The van der Waals surface area contributed by atoms with Crippen LogP contribution in [0.4, 0.5) is 0 Å². The van der Waals surface area contributed by atoms with E-state index in [1.807, 2.05) is 19.1 Å². The summed E-state index contributed by atoms with van der Waals surface area (Å²) in [5.41, 5.74) is 0.880. The minimum Gasteiger partial charge on any atom is -0.384 e. The van der Waals surface area contributed by atoms with Crippen molar-refractivity contribution < 1.29 is 13.5 Å². The van der Waals surface area contributed by atoms with Gasteiger partial charge in [-0.2, -0.15) is 0 Å². The zero-order chi connectivity index (χ0) is 16.4. The first-order chi connectivity index (χ1) is 10.2. The van der Waals surface area contributed by atoms with E-state index in [0.717, 1.165) is 11.1 Å². The van der Waals surface area contributed by atoms with E-state index in [4.69, 9.17) is 11.6 Å². The molecule has 0 heterocycles. The summed E-state index contributed by atoms with van der Waals surface area (Å²) in [7, 11) is -3.45. The molecule has 0 amide bonds. The van der Waals surface area contributed by atoms with Crippen molar-refractivity contribution in [2.24, 2.45) is 0 Å². The zero-order valence-electron chi connectivity index (χ0n) is 12.6. The first kappa shape index (κ1) is 17.0. The van der Waals surface area contributed by atoms with Gasteiger partial charge in [0.25, 0.3) is 0 Å². The molecule has 0 aliphatic heterocycles. The molecular formula is C17H19ClO3S. The Hall–Kier alpha value is -1.36. The molecule has 0 aliphatic rings. The van der Waals surface area contributed by atoms with E-state index >= 15 is 0 Å². The summed E-state index contributed by atoms with van der Waals surface area (Å²) >= 11 is 5.82. The topological polar surface area (TPSA) is 54.4 Å². The molecular weight excluding hydrogens is 320 g/mol. The molecule has 2 aromatic rings. The first-order valence-corrected chi connectivity index (χ1v) is 9.12. The van der Waals surface area contributed by atoms with Crippen molar-refractivity contribution in [2.45, 2.75) is 25.2 Å². The molecule has 1 N–H and O–H groups in total. The summed E-state index contributed by atoms with van der Waals surface area (Å²) in [5.74, 6) is -0.424. The van der Waals surface area contributed by atoms with Crippen molar-refractivity contribution in [3.63, 3.8) is 0 Å². The molecule has 2 aromatic carbocycles. The number of halogens is 1. The Bertz CT molecular complexity index is 732. The molecule has 2 rings (SSSR count). The number of sulfone groups is 1. The highest BCUT2D eigenvalue weighted by Gasteiger charge is 2.30. The minimum atomic E-state index is -3.45. The lowest BCUT2D eigenvalue weighted by Gasteiger charge is -2.23. The highest BCUT2D eigenvalue weighted by molar-refractivity contribution is 7.90. The zero-order valence-corrected chi connectivity index (χ0v) is 14.2. The SMILES string of the molecule is Cc1ccc(CS(=O)(=O)C[C@](C)(O)c2ccc(Cl)cc2)cc1. The predicted molar refractivity (Wildman–Crippen MR) is 89.7 cm³/mol. The second-order valence-electron chi connectivity index (χ2n) is 5.80. The first-order valence-electron chi connectivity index (χ1n) is 6.92. The van der Waals surface area contributed by atoms with Gasteiger partial charge in [0.2, 0.25) is 0 Å². The fourth-order valence-corrected chi connectivity index (χ4v) is 4.26. The van der Waals surface area contributed by atoms with Crippen molar-refractivity contribution in [1.29, 1.82) is 0 Å². The average molecular weight is 339 g/mol. The molecule has 0 bridgehead atoms. The second kappa shape index (κ2) is 6.41. The highest BCUT2D eigenvalue weighted by atomic mass is 35.5. The van der Waals surface area contributed by atoms with Crippen molar-refractivity contribution in [3.8, 4) is 0 Å². The second-order valence-corrected chi connectivity index (χ2v) is 8.30. The van der Waals surface area contributed by atoms with Gasteiger partial charge in [-0.05, 0) is 37.1 Å². The van der Waals surface area contributed by atoms with Crippen LogP contribution in [0.1, 0.15) is 23.6 Å². The van der Waals surface area contributed by atoms with Crippen molar-refractivity contribution in [2.75, 3.05) is 5.75 Å². The number of aliphatic hydroxyl groups is 1. The molecule has 22 heavy (non-hydrogen) atoms. The maximum Gasteiger partial charge on any atom is 0.157 e. The number of benzene rings is 2. The normalized spacial score (nSPS) is 14.5. The van der Waals surface area contributed by atoms with Crippen LogP contribution < -0.4 is 0 Å². The fourth-order valence-electron chi connectivity index (χ4n) is 2.31. The summed E-state index contributed by atoms with van der Waals surface area (Å²) in [6.07, 6.45) is 0. The van der Waals surface area contributed by atoms with Crippen LogP contribution in [-0.2, 0) is 21.2 Å². The number of hydrogen-bond donors (Lipinski definition) is 1. The Balaban J connectivity index is 2.16. The van der Waals surface area contributed by atoms with E-state index in [0.29, 0.717) is 10.6 Å². The maximum atomic E-state index is 12.4. The number of rotatable bonds is 5. The van der Waals surface area contributed by atoms with Crippen LogP contribution in [0.3, 0.4) is 0 Å². The Morgan fingerprint density at radius 3 is 2.14 bits per heavy atom. The van der Waals surface area contributed by atoms with Crippen LogP contribution in [0, 0.1) is 6.92 Å². The lowest BCUT2D eigenvalue weighted by molar-refractivity contribution is 0.0819. The third-order valence-corrected chi connectivity index (χ3v) is 5.50. The Morgan fingerprint density at radius 1 is 1.05 bits per heavy atom. The van der Waals surface area contributed by atoms with Crippen LogP contribution in [-0.4, -0.2) is 19.3 Å². The Morgan fingerprint density at radius 2 is 1.59 bits per heavy atom. The minimum absolute atomic E-state index is 0.0863. The van der Waals surface area contributed by atoms with Crippen molar-refractivity contribution >= 4 is 21.4 Å². The van der Waals surface area contributed by atoms with Crippen LogP contribution in [0.15, 0.2) is 48.5 Å². The predicted octanol–water partition coefficient (Wildman–Crippen LogP) is 3.47. The van der Waals surface area contributed by atoms with Gasteiger partial charge in [-0.15, -0.1) is 0 Å². The van der Waals surface area contributed by atoms with Crippen LogP contribution in [0.25, 0.3) is 0 Å². The standard InChI is InChI=1S/C17H19ClO3S/c1-13-3-5-14(6-4-13)11-22(20,21)12-17(2,19)15-7-9-16(18)10-8-15/h3-10,19H,11-12H2,1-2H3/t17-/m0/s1. The van der Waals surface area contributed by atoms with Crippen molar-refractivity contribution in [1.82, 2.24) is 0 Å². The average Bonchev–Trinajstić information content (AvgIpc) is 2.40. The van der Waals surface area contributed by atoms with E-state index in [2.05, 4.69) is 0 Å². The molecule has 0 aromatic heterocycles. The van der Waals surface area contributed by atoms with Crippen molar-refractivity contribution in [3.05, 3.63) is 70.2 Å². The molecule has 0 spiro atoms. The van der Waals surface area contributed by atoms with E-state index in [9.17, 15) is 13.5 Å². The lowest BCUT2D eigenvalue weighted by Crippen LogP contribution is -2.31. The molecule has 3 nitrogen and oxygen atoms in total. The van der Waals surface area contributed by atoms with E-state index in [1.54, 1.807) is 36.4 Å². The van der Waals surface area contributed by atoms with Gasteiger partial charge in [0.1, 0.15) is 5.60 Å². The summed E-state index contributed by atoms with van der Waals surface area (Å²) in [4.78, 5) is 0. The molecule has 118 valence electrons. The third-order valence-electron chi connectivity index (χ3n) is 3.47. The molecule has 0 fully saturated rings. The van der Waals surface area contributed by atoms with Gasteiger partial charge in [0, 0.05) is 5.02 Å². The number of hydrogen-bond acceptors (Lipinski definition) is 3. The summed E-state index contributed by atoms with van der Waals surface area (Å²) < 4.78 is 24.7. The fraction of sp³-hybridized carbons (Fsp3) is 0.294. The lowest BCUT2D eigenvalue weighted by atomic mass is 9.98. The molecule has 0 radical (unpaired) electrons. The number of aryl methyl sites for hydroxylation is 1. The van der Waals surface area contributed by atoms with Gasteiger partial charge >= 0.3 is 0 Å². The van der Waals surface area contributed by atoms with Gasteiger partial charge in [-0.3, -0.25) is 0 Å². The molecule has 0 saturated heterocycles. The van der Waals surface area contributed by atoms with E-state index in [1.165, 1.54) is 6.92 Å². The van der Waals surface area contributed by atoms with Gasteiger partial charge in [-0.25, -0.2) is 8.42 Å². The Kier molecular flexibility index (Phi) is 4.95. The van der Waals surface area contributed by atoms with Gasteiger partial charge < -0.3 is 5.11 Å². The molecule has 0 aliphatic carbocycles.